The van der Waals surface area contributed by atoms with Crippen LogP contribution in [0.3, 0.4) is 0 Å². The smallest absolute Gasteiger partial charge is 0.137 e. The van der Waals surface area contributed by atoms with E-state index in [1.54, 1.807) is 0 Å². The molecule has 1 saturated heterocycles. The molecule has 37 heavy (non-hydrogen) atoms. The van der Waals surface area contributed by atoms with Gasteiger partial charge in [0.25, 0.3) is 0 Å². The molecule has 5 aromatic rings. The molecule has 0 bridgehead atoms. The highest BCUT2D eigenvalue weighted by Crippen LogP contribution is 2.27. The second-order valence-electron chi connectivity index (χ2n) is 9.86. The van der Waals surface area contributed by atoms with Gasteiger partial charge >= 0.3 is 0 Å². The van der Waals surface area contributed by atoms with E-state index in [4.69, 9.17) is 4.98 Å². The zero-order valence-electron chi connectivity index (χ0n) is 21.2. The van der Waals surface area contributed by atoms with Gasteiger partial charge in [-0.25, -0.2) is 4.98 Å². The van der Waals surface area contributed by atoms with Gasteiger partial charge in [-0.2, -0.15) is 0 Å². The lowest BCUT2D eigenvalue weighted by Gasteiger charge is -2.26. The Hall–Kier alpha value is -3.80. The number of rotatable bonds is 8. The van der Waals surface area contributed by atoms with Gasteiger partial charge in [-0.05, 0) is 66.9 Å². The van der Waals surface area contributed by atoms with Crippen LogP contribution in [0.25, 0.3) is 39.3 Å². The van der Waals surface area contributed by atoms with Crippen LogP contribution < -0.4 is 5.32 Å². The van der Waals surface area contributed by atoms with Crippen LogP contribution in [0.15, 0.2) is 97.5 Å². The molecule has 1 fully saturated rings. The molecule has 0 spiro atoms. The summed E-state index contributed by atoms with van der Waals surface area (Å²) in [5.74, 6) is 0. The van der Waals surface area contributed by atoms with Gasteiger partial charge in [0.1, 0.15) is 5.65 Å². The molecule has 0 amide bonds. The lowest BCUT2D eigenvalue weighted by atomic mass is 10.0. The topological polar surface area (TPSA) is 45.5 Å². The van der Waals surface area contributed by atoms with E-state index in [2.05, 4.69) is 80.4 Å². The molecule has 0 unspecified atom stereocenters. The zero-order valence-corrected chi connectivity index (χ0v) is 21.2. The SMILES string of the molecule is c1ccc(-c2cc(-c3cnc4cc(-c5ccc(CNCCN6CCCCC6)cc5)ccn34)ccn2)cc1. The van der Waals surface area contributed by atoms with Crippen LogP contribution in [-0.4, -0.2) is 45.4 Å². The molecule has 1 aliphatic heterocycles. The fraction of sp³-hybridized carbons (Fsp3) is 0.250. The molecule has 6 rings (SSSR count). The summed E-state index contributed by atoms with van der Waals surface area (Å²) in [4.78, 5) is 11.9. The summed E-state index contributed by atoms with van der Waals surface area (Å²) >= 11 is 0. The molecule has 1 N–H and O–H groups in total. The molecule has 186 valence electrons. The van der Waals surface area contributed by atoms with Crippen molar-refractivity contribution >= 4 is 5.65 Å². The minimum atomic E-state index is 0.910. The lowest BCUT2D eigenvalue weighted by molar-refractivity contribution is 0.229. The van der Waals surface area contributed by atoms with Crippen molar-refractivity contribution in [3.05, 3.63) is 103 Å². The van der Waals surface area contributed by atoms with E-state index in [9.17, 15) is 0 Å². The Labute approximate surface area is 218 Å². The number of hydrogen-bond acceptors (Lipinski definition) is 4. The fourth-order valence-electron chi connectivity index (χ4n) is 5.20. The normalized spacial score (nSPS) is 14.3. The van der Waals surface area contributed by atoms with Crippen LogP contribution in [0.4, 0.5) is 0 Å². The number of nitrogens with zero attached hydrogens (tertiary/aromatic N) is 4. The van der Waals surface area contributed by atoms with E-state index in [-0.39, 0.29) is 0 Å². The van der Waals surface area contributed by atoms with Gasteiger partial charge in [-0.3, -0.25) is 9.38 Å². The highest BCUT2D eigenvalue weighted by atomic mass is 15.1. The standard InChI is InChI=1S/C32H33N5/c1-3-7-27(8-4-1)30-21-29(13-15-34-30)31-24-35-32-22-28(14-19-37(31)32)26-11-9-25(10-12-26)23-33-16-20-36-17-5-2-6-18-36/h1,3-4,7-15,19,21-22,24,33H,2,5-6,16-18,20,23H2. The monoisotopic (exact) mass is 487 g/mol. The third kappa shape index (κ3) is 5.48. The molecule has 3 aromatic heterocycles. The Kier molecular flexibility index (Phi) is 7.06. The Morgan fingerprint density at radius 1 is 0.730 bits per heavy atom. The van der Waals surface area contributed by atoms with Crippen LogP contribution in [-0.2, 0) is 6.54 Å². The van der Waals surface area contributed by atoms with Crippen molar-refractivity contribution < 1.29 is 0 Å². The summed E-state index contributed by atoms with van der Waals surface area (Å²) in [7, 11) is 0. The minimum Gasteiger partial charge on any atom is -0.311 e. The molecule has 0 radical (unpaired) electrons. The van der Waals surface area contributed by atoms with Crippen molar-refractivity contribution in [2.45, 2.75) is 25.8 Å². The van der Waals surface area contributed by atoms with E-state index >= 15 is 0 Å². The largest absolute Gasteiger partial charge is 0.311 e. The predicted molar refractivity (Wildman–Crippen MR) is 151 cm³/mol. The molecule has 0 aliphatic carbocycles. The highest BCUT2D eigenvalue weighted by Gasteiger charge is 2.10. The Morgan fingerprint density at radius 3 is 2.41 bits per heavy atom. The van der Waals surface area contributed by atoms with Crippen molar-refractivity contribution in [2.24, 2.45) is 0 Å². The minimum absolute atomic E-state index is 0.910. The third-order valence-electron chi connectivity index (χ3n) is 7.31. The first-order valence-electron chi connectivity index (χ1n) is 13.3. The van der Waals surface area contributed by atoms with E-state index in [0.717, 1.165) is 47.8 Å². The number of hydrogen-bond donors (Lipinski definition) is 1. The van der Waals surface area contributed by atoms with Gasteiger partial charge in [0.05, 0.1) is 17.6 Å². The van der Waals surface area contributed by atoms with E-state index in [1.165, 1.54) is 49.0 Å². The zero-order chi connectivity index (χ0) is 24.9. The van der Waals surface area contributed by atoms with Gasteiger partial charge in [0, 0.05) is 43.2 Å². The number of nitrogens with one attached hydrogen (secondary N) is 1. The average Bonchev–Trinajstić information content (AvgIpc) is 3.40. The average molecular weight is 488 g/mol. The maximum absolute atomic E-state index is 4.72. The number of aromatic nitrogens is 3. The number of benzene rings is 2. The first-order valence-corrected chi connectivity index (χ1v) is 13.3. The number of piperidine rings is 1. The summed E-state index contributed by atoms with van der Waals surface area (Å²) in [5, 5.41) is 3.61. The number of pyridine rings is 2. The quantitative estimate of drug-likeness (QED) is 0.261. The Balaban J connectivity index is 1.13. The third-order valence-corrected chi connectivity index (χ3v) is 7.31. The van der Waals surface area contributed by atoms with Crippen molar-refractivity contribution in [1.29, 1.82) is 0 Å². The van der Waals surface area contributed by atoms with Crippen molar-refractivity contribution in [3.8, 4) is 33.6 Å². The van der Waals surface area contributed by atoms with Gasteiger partial charge in [-0.15, -0.1) is 0 Å². The summed E-state index contributed by atoms with van der Waals surface area (Å²) in [6, 6.07) is 27.7. The number of imidazole rings is 1. The van der Waals surface area contributed by atoms with Crippen LogP contribution in [0.1, 0.15) is 24.8 Å². The predicted octanol–water partition coefficient (Wildman–Crippen LogP) is 6.31. The molecular formula is C32H33N5. The summed E-state index contributed by atoms with van der Waals surface area (Å²) in [5.41, 5.74) is 8.88. The van der Waals surface area contributed by atoms with Gasteiger partial charge in [-0.1, -0.05) is 61.0 Å². The van der Waals surface area contributed by atoms with Crippen LogP contribution >= 0.6 is 0 Å². The van der Waals surface area contributed by atoms with Crippen molar-refractivity contribution in [2.75, 3.05) is 26.2 Å². The summed E-state index contributed by atoms with van der Waals surface area (Å²) < 4.78 is 2.15. The van der Waals surface area contributed by atoms with Crippen LogP contribution in [0, 0.1) is 0 Å². The highest BCUT2D eigenvalue weighted by molar-refractivity contribution is 5.73. The van der Waals surface area contributed by atoms with Crippen LogP contribution in [0.2, 0.25) is 0 Å². The van der Waals surface area contributed by atoms with Gasteiger partial charge < -0.3 is 10.2 Å². The summed E-state index contributed by atoms with van der Waals surface area (Å²) in [6.45, 7) is 5.63. The number of fused-ring (bicyclic) bond motifs is 1. The Morgan fingerprint density at radius 2 is 1.57 bits per heavy atom. The summed E-state index contributed by atoms with van der Waals surface area (Å²) in [6.07, 6.45) is 10.0. The lowest BCUT2D eigenvalue weighted by Crippen LogP contribution is -2.35. The molecule has 4 heterocycles. The molecule has 0 atom stereocenters. The second-order valence-corrected chi connectivity index (χ2v) is 9.86. The first-order chi connectivity index (χ1) is 18.3. The van der Waals surface area contributed by atoms with Gasteiger partial charge in [0.2, 0.25) is 0 Å². The molecular weight excluding hydrogens is 454 g/mol. The molecule has 0 saturated carbocycles. The van der Waals surface area contributed by atoms with Crippen molar-refractivity contribution in [1.82, 2.24) is 24.6 Å². The van der Waals surface area contributed by atoms with Crippen molar-refractivity contribution in [3.63, 3.8) is 0 Å². The molecule has 5 heteroatoms. The Bertz CT molecular complexity index is 1450. The molecule has 1 aliphatic rings. The van der Waals surface area contributed by atoms with E-state index < -0.39 is 0 Å². The maximum Gasteiger partial charge on any atom is 0.137 e. The number of likely N-dealkylation sites (tertiary alicyclic amines) is 1. The van der Waals surface area contributed by atoms with Gasteiger partial charge in [0.15, 0.2) is 0 Å². The van der Waals surface area contributed by atoms with Crippen LogP contribution in [0.5, 0.6) is 0 Å². The van der Waals surface area contributed by atoms with E-state index in [0.29, 0.717) is 0 Å². The molecule has 2 aromatic carbocycles. The second kappa shape index (κ2) is 11.1. The first kappa shape index (κ1) is 23.6. The molecule has 5 nitrogen and oxygen atoms in total. The van der Waals surface area contributed by atoms with E-state index in [1.807, 2.05) is 36.7 Å². The fourth-order valence-corrected chi connectivity index (χ4v) is 5.20. The maximum atomic E-state index is 4.72.